The molecule has 1 amide bonds. The fraction of sp³-hybridized carbons (Fsp3) is 0.471. The predicted molar refractivity (Wildman–Crippen MR) is 102 cm³/mol. The van der Waals surface area contributed by atoms with Crippen LogP contribution in [0.15, 0.2) is 32.6 Å². The zero-order valence-corrected chi connectivity index (χ0v) is 16.5. The van der Waals surface area contributed by atoms with Gasteiger partial charge in [-0.1, -0.05) is 27.7 Å². The Labute approximate surface area is 158 Å². The maximum Gasteiger partial charge on any atom is 0.262 e. The van der Waals surface area contributed by atoms with Gasteiger partial charge >= 0.3 is 0 Å². The van der Waals surface area contributed by atoms with Gasteiger partial charge in [0.25, 0.3) is 5.56 Å². The number of hydrogen-bond acceptors (Lipinski definition) is 5. The van der Waals surface area contributed by atoms with E-state index >= 15 is 0 Å². The number of halogens is 1. The van der Waals surface area contributed by atoms with Gasteiger partial charge in [-0.05, 0) is 38.0 Å². The molecule has 8 heteroatoms. The fourth-order valence-electron chi connectivity index (χ4n) is 2.40. The summed E-state index contributed by atoms with van der Waals surface area (Å²) in [4.78, 5) is 29.7. The molecule has 1 fully saturated rings. The molecule has 1 aromatic carbocycles. The third-order valence-electron chi connectivity index (χ3n) is 3.98. The normalized spacial score (nSPS) is 15.3. The molecule has 1 N–H and O–H groups in total. The third-order valence-corrected chi connectivity index (χ3v) is 5.56. The summed E-state index contributed by atoms with van der Waals surface area (Å²) in [7, 11) is 1.59. The quantitative estimate of drug-likeness (QED) is 0.544. The lowest BCUT2D eigenvalue weighted by atomic mass is 10.2. The molecule has 1 aliphatic rings. The SMILES string of the molecule is COCCn1c(S[C@@H](C)C(=O)NC2CC2)nc2ccc(Br)cc2c1=O. The summed E-state index contributed by atoms with van der Waals surface area (Å²) in [6.45, 7) is 2.63. The van der Waals surface area contributed by atoms with Crippen molar-refractivity contribution in [2.24, 2.45) is 0 Å². The number of methoxy groups -OCH3 is 1. The highest BCUT2D eigenvalue weighted by Crippen LogP contribution is 2.25. The molecule has 6 nitrogen and oxygen atoms in total. The molecule has 1 aliphatic carbocycles. The van der Waals surface area contributed by atoms with E-state index in [9.17, 15) is 9.59 Å². The highest BCUT2D eigenvalue weighted by Gasteiger charge is 2.27. The molecule has 0 unspecified atom stereocenters. The van der Waals surface area contributed by atoms with Crippen LogP contribution in [0.4, 0.5) is 0 Å². The molecule has 3 rings (SSSR count). The first-order valence-corrected chi connectivity index (χ1v) is 9.83. The third kappa shape index (κ3) is 4.43. The van der Waals surface area contributed by atoms with Gasteiger partial charge in [-0.2, -0.15) is 0 Å². The van der Waals surface area contributed by atoms with Crippen molar-refractivity contribution in [1.82, 2.24) is 14.9 Å². The topological polar surface area (TPSA) is 73.2 Å². The first-order chi connectivity index (χ1) is 12.0. The van der Waals surface area contributed by atoms with Crippen molar-refractivity contribution >= 4 is 44.5 Å². The average molecular weight is 426 g/mol. The number of hydrogen-bond donors (Lipinski definition) is 1. The Balaban J connectivity index is 1.94. The van der Waals surface area contributed by atoms with Gasteiger partial charge in [0.2, 0.25) is 5.91 Å². The van der Waals surface area contributed by atoms with Gasteiger partial charge in [0.15, 0.2) is 5.16 Å². The largest absolute Gasteiger partial charge is 0.383 e. The number of thioether (sulfide) groups is 1. The van der Waals surface area contributed by atoms with Crippen LogP contribution in [0.2, 0.25) is 0 Å². The minimum absolute atomic E-state index is 0.0176. The minimum Gasteiger partial charge on any atom is -0.383 e. The van der Waals surface area contributed by atoms with Crippen LogP contribution in [-0.2, 0) is 16.1 Å². The molecular formula is C17H20BrN3O3S. The first-order valence-electron chi connectivity index (χ1n) is 8.15. The summed E-state index contributed by atoms with van der Waals surface area (Å²) < 4.78 is 7.54. The molecule has 1 heterocycles. The van der Waals surface area contributed by atoms with Crippen molar-refractivity contribution in [2.45, 2.75) is 42.8 Å². The van der Waals surface area contributed by atoms with E-state index in [2.05, 4.69) is 26.2 Å². The van der Waals surface area contributed by atoms with Gasteiger partial charge in [0, 0.05) is 17.6 Å². The summed E-state index contributed by atoms with van der Waals surface area (Å²) in [6.07, 6.45) is 2.09. The highest BCUT2D eigenvalue weighted by molar-refractivity contribution is 9.10. The molecule has 0 aliphatic heterocycles. The Kier molecular flexibility index (Phi) is 5.81. The molecule has 1 atom stereocenters. The lowest BCUT2D eigenvalue weighted by Crippen LogP contribution is -2.33. The van der Waals surface area contributed by atoms with Crippen molar-refractivity contribution in [3.8, 4) is 0 Å². The number of fused-ring (bicyclic) bond motifs is 1. The molecule has 0 bridgehead atoms. The average Bonchev–Trinajstić information content (AvgIpc) is 3.39. The number of ether oxygens (including phenoxy) is 1. The molecule has 25 heavy (non-hydrogen) atoms. The number of rotatable bonds is 7. The van der Waals surface area contributed by atoms with Crippen molar-refractivity contribution in [3.63, 3.8) is 0 Å². The summed E-state index contributed by atoms with van der Waals surface area (Å²) in [5.74, 6) is -0.0176. The highest BCUT2D eigenvalue weighted by atomic mass is 79.9. The summed E-state index contributed by atoms with van der Waals surface area (Å²) in [5.41, 5.74) is 0.500. The molecule has 2 aromatic rings. The summed E-state index contributed by atoms with van der Waals surface area (Å²) in [6, 6.07) is 5.74. The summed E-state index contributed by atoms with van der Waals surface area (Å²) >= 11 is 4.70. The van der Waals surface area contributed by atoms with E-state index in [1.54, 1.807) is 23.8 Å². The van der Waals surface area contributed by atoms with Gasteiger partial charge in [0.05, 0.1) is 29.3 Å². The van der Waals surface area contributed by atoms with Gasteiger partial charge < -0.3 is 10.1 Å². The van der Waals surface area contributed by atoms with Crippen molar-refractivity contribution in [3.05, 3.63) is 33.0 Å². The maximum atomic E-state index is 12.9. The molecule has 0 radical (unpaired) electrons. The lowest BCUT2D eigenvalue weighted by Gasteiger charge is -2.16. The lowest BCUT2D eigenvalue weighted by molar-refractivity contribution is -0.120. The van der Waals surface area contributed by atoms with E-state index in [1.165, 1.54) is 11.8 Å². The van der Waals surface area contributed by atoms with Gasteiger partial charge in [-0.3, -0.25) is 14.2 Å². The van der Waals surface area contributed by atoms with Crippen molar-refractivity contribution in [2.75, 3.05) is 13.7 Å². The Morgan fingerprint density at radius 2 is 2.28 bits per heavy atom. The number of carbonyl (C=O) groups excluding carboxylic acids is 1. The van der Waals surface area contributed by atoms with Crippen LogP contribution in [0.5, 0.6) is 0 Å². The number of amides is 1. The van der Waals surface area contributed by atoms with E-state index in [1.807, 2.05) is 13.0 Å². The van der Waals surface area contributed by atoms with E-state index < -0.39 is 0 Å². The molecule has 1 aromatic heterocycles. The second-order valence-corrected chi connectivity index (χ2v) is 8.27. The second-order valence-electron chi connectivity index (χ2n) is 6.05. The Bertz CT molecular complexity index is 851. The second kappa shape index (κ2) is 7.88. The van der Waals surface area contributed by atoms with Gasteiger partial charge in [0.1, 0.15) is 0 Å². The van der Waals surface area contributed by atoms with Gasteiger partial charge in [-0.25, -0.2) is 4.98 Å². The predicted octanol–water partition coefficient (Wildman–Crippen LogP) is 2.56. The molecule has 0 saturated heterocycles. The number of benzene rings is 1. The van der Waals surface area contributed by atoms with E-state index in [-0.39, 0.29) is 16.7 Å². The van der Waals surface area contributed by atoms with Crippen LogP contribution in [-0.4, -0.2) is 40.5 Å². The Hall–Kier alpha value is -1.38. The maximum absolute atomic E-state index is 12.9. The molecule has 0 spiro atoms. The van der Waals surface area contributed by atoms with Crippen LogP contribution in [0.25, 0.3) is 10.9 Å². The number of carbonyl (C=O) groups is 1. The molecular weight excluding hydrogens is 406 g/mol. The minimum atomic E-state index is -0.325. The first kappa shape index (κ1) is 18.4. The van der Waals surface area contributed by atoms with Crippen LogP contribution in [0, 0.1) is 0 Å². The zero-order valence-electron chi connectivity index (χ0n) is 14.1. The number of aromatic nitrogens is 2. The van der Waals surface area contributed by atoms with Crippen LogP contribution in [0.1, 0.15) is 19.8 Å². The molecule has 1 saturated carbocycles. The fourth-order valence-corrected chi connectivity index (χ4v) is 3.71. The van der Waals surface area contributed by atoms with Gasteiger partial charge in [-0.15, -0.1) is 0 Å². The number of nitrogens with zero attached hydrogens (tertiary/aromatic N) is 2. The van der Waals surface area contributed by atoms with Crippen LogP contribution < -0.4 is 10.9 Å². The van der Waals surface area contributed by atoms with Crippen LogP contribution in [0.3, 0.4) is 0 Å². The van der Waals surface area contributed by atoms with Crippen molar-refractivity contribution in [1.29, 1.82) is 0 Å². The van der Waals surface area contributed by atoms with Crippen molar-refractivity contribution < 1.29 is 9.53 Å². The van der Waals surface area contributed by atoms with Crippen LogP contribution >= 0.6 is 27.7 Å². The monoisotopic (exact) mass is 425 g/mol. The van der Waals surface area contributed by atoms with E-state index in [0.717, 1.165) is 17.3 Å². The Morgan fingerprint density at radius 3 is 2.96 bits per heavy atom. The van der Waals surface area contributed by atoms with E-state index in [4.69, 9.17) is 4.74 Å². The Morgan fingerprint density at radius 1 is 1.52 bits per heavy atom. The number of nitrogens with one attached hydrogen (secondary N) is 1. The summed E-state index contributed by atoms with van der Waals surface area (Å²) in [5, 5.41) is 3.75. The smallest absolute Gasteiger partial charge is 0.262 e. The molecule has 134 valence electrons. The van der Waals surface area contributed by atoms with E-state index in [0.29, 0.717) is 35.3 Å². The standard InChI is InChI=1S/C17H20BrN3O3S/c1-10(15(22)19-12-4-5-12)25-17-20-14-6-3-11(18)9-13(14)16(23)21(17)7-8-24-2/h3,6,9-10,12H,4-5,7-8H2,1-2H3,(H,19,22)/t10-/m0/s1. The zero-order chi connectivity index (χ0) is 18.0.